The van der Waals surface area contributed by atoms with Crippen molar-refractivity contribution in [3.8, 4) is 0 Å². The van der Waals surface area contributed by atoms with E-state index in [0.29, 0.717) is 16.7 Å². The Hall–Kier alpha value is -2.87. The summed E-state index contributed by atoms with van der Waals surface area (Å²) < 4.78 is 43.1. The predicted molar refractivity (Wildman–Crippen MR) is 144 cm³/mol. The van der Waals surface area contributed by atoms with E-state index in [9.17, 15) is 14.2 Å². The highest BCUT2D eigenvalue weighted by atomic mass is 32.1. The number of imidazole rings is 1. The van der Waals surface area contributed by atoms with Gasteiger partial charge in [0.05, 0.1) is 25.1 Å². The molecule has 0 saturated carbocycles. The third-order valence-electron chi connectivity index (χ3n) is 5.41. The molecule has 1 saturated heterocycles. The first-order valence-corrected chi connectivity index (χ1v) is 14.4. The van der Waals surface area contributed by atoms with Crippen LogP contribution in [0.3, 0.4) is 0 Å². The number of hydrogen-bond acceptors (Lipinski definition) is 11. The first kappa shape index (κ1) is 29.1. The zero-order valence-electron chi connectivity index (χ0n) is 21.8. The Morgan fingerprint density at radius 3 is 2.46 bits per heavy atom. The lowest BCUT2D eigenvalue weighted by atomic mass is 10.2. The first-order chi connectivity index (χ1) is 18.6. The molecule has 3 atom stereocenters. The number of fused-ring (bicyclic) bond motifs is 1. The number of aromatic nitrogens is 4. The number of carbonyl (C=O) groups is 2. The molecular formula is C24H30N5O8PS. The maximum absolute atomic E-state index is 13.2. The van der Waals surface area contributed by atoms with Crippen LogP contribution in [-0.4, -0.2) is 68.1 Å². The average Bonchev–Trinajstić information content (AvgIpc) is 3.46. The normalized spacial score (nSPS) is 19.6. The highest BCUT2D eigenvalue weighted by Gasteiger charge is 2.44. The fraction of sp³-hybridized carbons (Fsp3) is 0.458. The van der Waals surface area contributed by atoms with Gasteiger partial charge in [-0.3, -0.25) is 13.9 Å². The summed E-state index contributed by atoms with van der Waals surface area (Å²) in [4.78, 5) is 37.3. The van der Waals surface area contributed by atoms with Crippen molar-refractivity contribution in [2.75, 3.05) is 18.3 Å². The van der Waals surface area contributed by atoms with Crippen molar-refractivity contribution in [3.05, 3.63) is 48.5 Å². The summed E-state index contributed by atoms with van der Waals surface area (Å²) in [7, 11) is -3.63. The number of rotatable bonds is 11. The molecule has 1 aromatic carbocycles. The van der Waals surface area contributed by atoms with Crippen LogP contribution in [0.25, 0.3) is 11.2 Å². The van der Waals surface area contributed by atoms with E-state index in [-0.39, 0.29) is 36.9 Å². The molecule has 13 nitrogen and oxygen atoms in total. The number of anilines is 1. The highest BCUT2D eigenvalue weighted by molar-refractivity contribution is 7.96. The topological polar surface area (TPSA) is 153 Å². The minimum atomic E-state index is -3.63. The van der Waals surface area contributed by atoms with Crippen LogP contribution >= 0.6 is 20.2 Å². The fourth-order valence-corrected chi connectivity index (χ4v) is 5.96. The van der Waals surface area contributed by atoms with E-state index in [1.54, 1.807) is 52.0 Å². The Labute approximate surface area is 230 Å². The Morgan fingerprint density at radius 1 is 1.13 bits per heavy atom. The summed E-state index contributed by atoms with van der Waals surface area (Å²) in [5.41, 5.74) is 1.06. The minimum Gasteiger partial charge on any atom is -0.447 e. The molecule has 1 aliphatic heterocycles. The number of thiol groups is 1. The zero-order valence-corrected chi connectivity index (χ0v) is 23.6. The monoisotopic (exact) mass is 579 g/mol. The number of hydrogen-bond donors (Lipinski definition) is 2. The Balaban J connectivity index is 1.56. The van der Waals surface area contributed by atoms with Crippen LogP contribution in [0.1, 0.15) is 44.3 Å². The SMILES string of the molecule is CC(C)OP(=O)(CO[C@H]1CO[C@@H](n2cnc3c(NC(=O)c4ccccc4)ncnc32)[C@@H]1OC(=O)S)OC(C)C. The van der Waals surface area contributed by atoms with Crippen LogP contribution in [0, 0.1) is 0 Å². The van der Waals surface area contributed by atoms with E-state index in [4.69, 9.17) is 23.3 Å². The van der Waals surface area contributed by atoms with Gasteiger partial charge in [0, 0.05) is 5.56 Å². The van der Waals surface area contributed by atoms with Gasteiger partial charge in [-0.15, -0.1) is 0 Å². The summed E-state index contributed by atoms with van der Waals surface area (Å²) in [5.74, 6) is -0.173. The number of amides is 1. The number of nitrogens with zero attached hydrogens (tertiary/aromatic N) is 4. The zero-order chi connectivity index (χ0) is 28.2. The molecule has 0 radical (unpaired) electrons. The van der Waals surface area contributed by atoms with Crippen LogP contribution in [0.5, 0.6) is 0 Å². The second-order valence-corrected chi connectivity index (χ2v) is 11.5. The summed E-state index contributed by atoms with van der Waals surface area (Å²) >= 11 is 3.76. The van der Waals surface area contributed by atoms with E-state index >= 15 is 0 Å². The van der Waals surface area contributed by atoms with Gasteiger partial charge in [0.1, 0.15) is 18.8 Å². The lowest BCUT2D eigenvalue weighted by Gasteiger charge is -2.26. The van der Waals surface area contributed by atoms with Crippen molar-refractivity contribution in [3.63, 3.8) is 0 Å². The summed E-state index contributed by atoms with van der Waals surface area (Å²) in [5, 5.41) is 1.88. The molecule has 0 spiro atoms. The minimum absolute atomic E-state index is 0.0118. The third kappa shape index (κ3) is 7.21. The molecule has 3 heterocycles. The van der Waals surface area contributed by atoms with Crippen molar-refractivity contribution in [1.29, 1.82) is 0 Å². The molecular weight excluding hydrogens is 549 g/mol. The van der Waals surface area contributed by atoms with Gasteiger partial charge >= 0.3 is 12.9 Å². The van der Waals surface area contributed by atoms with Gasteiger partial charge < -0.3 is 28.6 Å². The maximum atomic E-state index is 13.2. The maximum Gasteiger partial charge on any atom is 0.364 e. The van der Waals surface area contributed by atoms with Crippen molar-refractivity contribution in [2.45, 2.75) is 58.3 Å². The molecule has 39 heavy (non-hydrogen) atoms. The molecule has 0 bridgehead atoms. The van der Waals surface area contributed by atoms with Crippen LogP contribution < -0.4 is 5.32 Å². The van der Waals surface area contributed by atoms with Crippen LogP contribution in [0.2, 0.25) is 0 Å². The molecule has 4 rings (SSSR count). The van der Waals surface area contributed by atoms with Crippen LogP contribution in [0.4, 0.5) is 10.6 Å². The lowest BCUT2D eigenvalue weighted by molar-refractivity contribution is -0.0318. The quantitative estimate of drug-likeness (QED) is 0.188. The Bertz CT molecular complexity index is 1340. The van der Waals surface area contributed by atoms with E-state index < -0.39 is 31.3 Å². The molecule has 1 amide bonds. The molecule has 0 unspecified atom stereocenters. The van der Waals surface area contributed by atoms with Gasteiger partial charge in [0.2, 0.25) is 0 Å². The fourth-order valence-electron chi connectivity index (χ4n) is 4.01. The largest absolute Gasteiger partial charge is 0.447 e. The van der Waals surface area contributed by atoms with Gasteiger partial charge in [-0.2, -0.15) is 0 Å². The predicted octanol–water partition coefficient (Wildman–Crippen LogP) is 4.43. The number of nitrogens with one attached hydrogen (secondary N) is 1. The van der Waals surface area contributed by atoms with E-state index in [0.717, 1.165) is 0 Å². The van der Waals surface area contributed by atoms with Gasteiger partial charge in [-0.05, 0) is 39.8 Å². The van der Waals surface area contributed by atoms with Crippen LogP contribution in [0.15, 0.2) is 43.0 Å². The summed E-state index contributed by atoms with van der Waals surface area (Å²) in [6.45, 7) is 6.93. The smallest absolute Gasteiger partial charge is 0.364 e. The first-order valence-electron chi connectivity index (χ1n) is 12.2. The second kappa shape index (κ2) is 12.5. The molecule has 0 aliphatic carbocycles. The summed E-state index contributed by atoms with van der Waals surface area (Å²) in [6, 6.07) is 8.65. The lowest BCUT2D eigenvalue weighted by Crippen LogP contribution is -2.35. The third-order valence-corrected chi connectivity index (χ3v) is 7.46. The second-order valence-electron chi connectivity index (χ2n) is 9.19. The highest BCUT2D eigenvalue weighted by Crippen LogP contribution is 2.51. The molecule has 15 heteroatoms. The molecule has 1 aliphatic rings. The number of benzene rings is 1. The Kier molecular flexibility index (Phi) is 9.36. The van der Waals surface area contributed by atoms with Gasteiger partial charge in [-0.1, -0.05) is 30.8 Å². The molecule has 1 N–H and O–H groups in total. The van der Waals surface area contributed by atoms with Crippen LogP contribution in [-0.2, 0) is 27.8 Å². The van der Waals surface area contributed by atoms with E-state index in [2.05, 4.69) is 32.9 Å². The molecule has 2 aromatic heterocycles. The van der Waals surface area contributed by atoms with Crippen molar-refractivity contribution < 1.29 is 37.4 Å². The van der Waals surface area contributed by atoms with Crippen molar-refractivity contribution >= 4 is 48.4 Å². The van der Waals surface area contributed by atoms with Gasteiger partial charge in [0.25, 0.3) is 5.91 Å². The number of carbonyl (C=O) groups excluding carboxylic acids is 2. The van der Waals surface area contributed by atoms with Gasteiger partial charge in [-0.25, -0.2) is 19.7 Å². The number of ether oxygens (including phenoxy) is 3. The molecule has 3 aromatic rings. The van der Waals surface area contributed by atoms with Crippen molar-refractivity contribution in [1.82, 2.24) is 19.5 Å². The van der Waals surface area contributed by atoms with E-state index in [1.165, 1.54) is 17.2 Å². The van der Waals surface area contributed by atoms with E-state index in [1.807, 2.05) is 6.07 Å². The average molecular weight is 580 g/mol. The Morgan fingerprint density at radius 2 is 1.82 bits per heavy atom. The van der Waals surface area contributed by atoms with Gasteiger partial charge in [0.15, 0.2) is 29.3 Å². The standard InChI is InChI=1S/C24H30N5O8PS/c1-14(2)36-38(32,37-15(3)4)13-34-17-10-33-23(19(17)35-24(31)39)29-12-27-18-20(25-11-26-21(18)29)28-22(30)16-8-6-5-7-9-16/h5-9,11-12,14-15,17,19,23H,10,13H2,1-4H3,(H,31,39)(H,25,26,28,30)/t17-,19+,23+/m0/s1. The molecule has 210 valence electrons. The summed E-state index contributed by atoms with van der Waals surface area (Å²) in [6.07, 6.45) is -1.17. The molecule has 1 fully saturated rings. The van der Waals surface area contributed by atoms with Crippen molar-refractivity contribution in [2.24, 2.45) is 0 Å².